The fourth-order valence-electron chi connectivity index (χ4n) is 1.41. The Morgan fingerprint density at radius 1 is 1.29 bits per heavy atom. The zero-order valence-corrected chi connectivity index (χ0v) is 8.51. The maximum Gasteiger partial charge on any atom is 0.127 e. The Labute approximate surface area is 88.2 Å². The summed E-state index contributed by atoms with van der Waals surface area (Å²) in [6.45, 7) is 3.38. The van der Waals surface area contributed by atoms with E-state index in [-0.39, 0.29) is 0 Å². The van der Waals surface area contributed by atoms with E-state index in [9.17, 15) is 0 Å². The summed E-state index contributed by atoms with van der Waals surface area (Å²) in [6, 6.07) is 0. The lowest BCUT2D eigenvalue weighted by atomic mass is 10.2. The normalized spacial score (nSPS) is 20.4. The molecule has 3 nitrogen and oxygen atoms in total. The molecule has 1 fully saturated rings. The van der Waals surface area contributed by atoms with Crippen LogP contribution in [0.5, 0.6) is 0 Å². The van der Waals surface area contributed by atoms with Gasteiger partial charge in [-0.3, -0.25) is 0 Å². The van der Waals surface area contributed by atoms with Gasteiger partial charge < -0.3 is 9.64 Å². The first-order chi connectivity index (χ1) is 6.90. The molecular weight excluding hydrogens is 196 g/mol. The molecular formula is C10H10N2OS. The highest BCUT2D eigenvalue weighted by Crippen LogP contribution is 2.12. The molecule has 0 spiro atoms. The van der Waals surface area contributed by atoms with Crippen LogP contribution in [0.2, 0.25) is 0 Å². The van der Waals surface area contributed by atoms with E-state index in [0.717, 1.165) is 32.0 Å². The highest BCUT2D eigenvalue weighted by Gasteiger charge is 2.12. The molecule has 1 aliphatic heterocycles. The molecule has 0 saturated carbocycles. The van der Waals surface area contributed by atoms with Gasteiger partial charge >= 0.3 is 0 Å². The minimum atomic E-state index is 0.664. The molecule has 0 aromatic rings. The zero-order chi connectivity index (χ0) is 9.80. The average Bonchev–Trinajstić information content (AvgIpc) is 2.30. The van der Waals surface area contributed by atoms with Crippen LogP contribution < -0.4 is 0 Å². The van der Waals surface area contributed by atoms with Crippen LogP contribution in [0.15, 0.2) is 39.4 Å². The third-order valence-electron chi connectivity index (χ3n) is 2.17. The lowest BCUT2D eigenvalue weighted by molar-refractivity contribution is 0.0555. The molecule has 0 atom stereocenters. The largest absolute Gasteiger partial charge is 0.378 e. The standard InChI is InChI=1S/C10H10N2OS/c14-11-9-1-3-10(4-2-9)12-5-7-13-8-6-12/h1,3H,5-8H2. The molecule has 0 N–H and O–H groups in total. The molecule has 1 heterocycles. The summed E-state index contributed by atoms with van der Waals surface area (Å²) in [5.74, 6) is 0. The van der Waals surface area contributed by atoms with Crippen LogP contribution in [-0.2, 0) is 17.2 Å². The fourth-order valence-corrected chi connectivity index (χ4v) is 1.52. The van der Waals surface area contributed by atoms with Crippen LogP contribution in [-0.4, -0.2) is 31.2 Å². The number of allylic oxidation sites excluding steroid dienone is 2. The lowest BCUT2D eigenvalue weighted by Gasteiger charge is -2.28. The summed E-state index contributed by atoms with van der Waals surface area (Å²) >= 11 is 4.56. The van der Waals surface area contributed by atoms with Gasteiger partial charge in [-0.1, -0.05) is 0 Å². The van der Waals surface area contributed by atoms with E-state index >= 15 is 0 Å². The number of ether oxygens (including phenoxy) is 1. The Kier molecular flexibility index (Phi) is 2.92. The SMILES string of the molecule is S=NC1=C=C=C(N2CCOCC2)C=C1. The Morgan fingerprint density at radius 2 is 2.07 bits per heavy atom. The molecule has 0 aromatic carbocycles. The third kappa shape index (κ3) is 2.00. The molecule has 0 bridgehead atoms. The summed E-state index contributed by atoms with van der Waals surface area (Å²) in [6.07, 6.45) is 3.82. The van der Waals surface area contributed by atoms with Crippen LogP contribution in [0.3, 0.4) is 0 Å². The minimum absolute atomic E-state index is 0.664. The van der Waals surface area contributed by atoms with E-state index in [1.807, 2.05) is 12.2 Å². The van der Waals surface area contributed by atoms with Gasteiger partial charge in [-0.05, 0) is 23.6 Å². The Bertz CT molecular complexity index is 368. The Morgan fingerprint density at radius 3 is 2.64 bits per heavy atom. The number of rotatable bonds is 2. The molecule has 72 valence electrons. The molecule has 0 unspecified atom stereocenters. The first-order valence-corrected chi connectivity index (χ1v) is 4.87. The number of hydrogen-bond donors (Lipinski definition) is 0. The maximum absolute atomic E-state index is 5.27. The van der Waals surface area contributed by atoms with Crippen molar-refractivity contribution in [2.75, 3.05) is 26.3 Å². The number of hydrogen-bond acceptors (Lipinski definition) is 4. The van der Waals surface area contributed by atoms with E-state index in [2.05, 4.69) is 33.2 Å². The van der Waals surface area contributed by atoms with Crippen LogP contribution >= 0.6 is 0 Å². The smallest absolute Gasteiger partial charge is 0.127 e. The van der Waals surface area contributed by atoms with Gasteiger partial charge in [0.1, 0.15) is 5.70 Å². The van der Waals surface area contributed by atoms with E-state index in [1.54, 1.807) is 0 Å². The molecule has 2 aliphatic rings. The molecule has 0 aromatic heterocycles. The summed E-state index contributed by atoms with van der Waals surface area (Å²) in [4.78, 5) is 2.22. The van der Waals surface area contributed by atoms with Gasteiger partial charge in [0.15, 0.2) is 0 Å². The maximum atomic E-state index is 5.27. The van der Waals surface area contributed by atoms with Crippen molar-refractivity contribution >= 4 is 12.4 Å². The van der Waals surface area contributed by atoms with Gasteiger partial charge in [-0.25, -0.2) is 0 Å². The zero-order valence-electron chi connectivity index (χ0n) is 7.69. The summed E-state index contributed by atoms with van der Waals surface area (Å²) in [5.41, 5.74) is 7.65. The molecule has 0 amide bonds. The average molecular weight is 206 g/mol. The molecule has 4 heteroatoms. The molecule has 1 aliphatic carbocycles. The second-order valence-electron chi connectivity index (χ2n) is 3.04. The van der Waals surface area contributed by atoms with Crippen molar-refractivity contribution in [3.05, 3.63) is 35.0 Å². The van der Waals surface area contributed by atoms with Gasteiger partial charge in [0.05, 0.1) is 18.9 Å². The van der Waals surface area contributed by atoms with Gasteiger partial charge in [-0.15, -0.1) is 0 Å². The van der Waals surface area contributed by atoms with Crippen LogP contribution in [0.4, 0.5) is 0 Å². The predicted octanol–water partition coefficient (Wildman–Crippen LogP) is 1.14. The van der Waals surface area contributed by atoms with Crippen molar-refractivity contribution in [3.8, 4) is 0 Å². The van der Waals surface area contributed by atoms with Crippen LogP contribution in [0, 0.1) is 0 Å². The van der Waals surface area contributed by atoms with Crippen molar-refractivity contribution in [1.29, 1.82) is 0 Å². The highest BCUT2D eigenvalue weighted by molar-refractivity contribution is 7.47. The summed E-state index contributed by atoms with van der Waals surface area (Å²) in [5, 5.41) is 0. The molecule has 2 rings (SSSR count). The van der Waals surface area contributed by atoms with Gasteiger partial charge in [-0.2, -0.15) is 4.36 Å². The lowest BCUT2D eigenvalue weighted by Crippen LogP contribution is -2.34. The first kappa shape index (κ1) is 9.38. The molecule has 1 saturated heterocycles. The van der Waals surface area contributed by atoms with E-state index < -0.39 is 0 Å². The predicted molar refractivity (Wildman–Crippen MR) is 55.4 cm³/mol. The quantitative estimate of drug-likeness (QED) is 0.633. The van der Waals surface area contributed by atoms with Crippen molar-refractivity contribution in [2.24, 2.45) is 4.36 Å². The fraction of sp³-hybridized carbons (Fsp3) is 0.400. The first-order valence-electron chi connectivity index (χ1n) is 4.50. The van der Waals surface area contributed by atoms with E-state index in [0.29, 0.717) is 5.70 Å². The second kappa shape index (κ2) is 4.36. The van der Waals surface area contributed by atoms with Crippen molar-refractivity contribution in [2.45, 2.75) is 0 Å². The Hall–Kier alpha value is -1.18. The van der Waals surface area contributed by atoms with Crippen molar-refractivity contribution in [1.82, 2.24) is 4.90 Å². The minimum Gasteiger partial charge on any atom is -0.378 e. The van der Waals surface area contributed by atoms with Gasteiger partial charge in [0.2, 0.25) is 0 Å². The number of morpholine rings is 1. The summed E-state index contributed by atoms with van der Waals surface area (Å²) < 4.78 is 8.88. The third-order valence-corrected chi connectivity index (χ3v) is 2.36. The van der Waals surface area contributed by atoms with Crippen molar-refractivity contribution in [3.63, 3.8) is 0 Å². The van der Waals surface area contributed by atoms with Gasteiger partial charge in [0.25, 0.3) is 0 Å². The topological polar surface area (TPSA) is 24.8 Å². The van der Waals surface area contributed by atoms with E-state index in [4.69, 9.17) is 4.74 Å². The van der Waals surface area contributed by atoms with Crippen LogP contribution in [0.25, 0.3) is 0 Å². The molecule has 0 radical (unpaired) electrons. The summed E-state index contributed by atoms with van der Waals surface area (Å²) in [7, 11) is 0. The second-order valence-corrected chi connectivity index (χ2v) is 3.23. The van der Waals surface area contributed by atoms with E-state index in [1.165, 1.54) is 0 Å². The van der Waals surface area contributed by atoms with Crippen LogP contribution in [0.1, 0.15) is 0 Å². The molecule has 14 heavy (non-hydrogen) atoms. The monoisotopic (exact) mass is 206 g/mol. The van der Waals surface area contributed by atoms with Crippen molar-refractivity contribution < 1.29 is 4.74 Å². The van der Waals surface area contributed by atoms with Gasteiger partial charge in [0, 0.05) is 25.5 Å². The number of nitrogens with zero attached hydrogens (tertiary/aromatic N) is 2. The highest BCUT2D eigenvalue weighted by atomic mass is 32.1. The Balaban J connectivity index is 2.19.